The number of carbonyl (C=O) groups excluding carboxylic acids is 1. The summed E-state index contributed by atoms with van der Waals surface area (Å²) in [4.78, 5) is 32.3. The van der Waals surface area contributed by atoms with E-state index in [0.717, 1.165) is 10.2 Å². The zero-order valence-electron chi connectivity index (χ0n) is 25.4. The number of halogens is 1. The maximum Gasteiger partial charge on any atom is 0.282 e. The second-order valence-corrected chi connectivity index (χ2v) is 11.7. The number of nitrogens with zero attached hydrogens (tertiary/aromatic N) is 4. The van der Waals surface area contributed by atoms with Crippen molar-refractivity contribution < 1.29 is 19.0 Å². The minimum Gasteiger partial charge on any atom is -0.404 e. The van der Waals surface area contributed by atoms with Crippen molar-refractivity contribution in [2.24, 2.45) is 11.5 Å². The van der Waals surface area contributed by atoms with Gasteiger partial charge in [-0.3, -0.25) is 9.59 Å². The number of amides is 1. The molecule has 0 unspecified atom stereocenters. The Morgan fingerprint density at radius 3 is 2.56 bits per heavy atom. The minimum atomic E-state index is -0.658. The molecule has 1 amide bonds. The number of hydrogen-bond donors (Lipinski definition) is 4. The quantitative estimate of drug-likeness (QED) is 0.229. The Balaban J connectivity index is 1.43. The van der Waals surface area contributed by atoms with Gasteiger partial charge in [0.15, 0.2) is 0 Å². The molecule has 11 nitrogen and oxygen atoms in total. The van der Waals surface area contributed by atoms with E-state index >= 15 is 4.39 Å². The van der Waals surface area contributed by atoms with E-state index in [1.165, 1.54) is 24.7 Å². The van der Waals surface area contributed by atoms with E-state index in [-0.39, 0.29) is 28.2 Å². The van der Waals surface area contributed by atoms with Gasteiger partial charge >= 0.3 is 0 Å². The monoisotopic (exact) mass is 613 g/mol. The lowest BCUT2D eigenvalue weighted by atomic mass is 9.86. The molecule has 45 heavy (non-hydrogen) atoms. The number of fused-ring (bicyclic) bond motifs is 1. The third kappa shape index (κ3) is 6.56. The van der Waals surface area contributed by atoms with Gasteiger partial charge < -0.3 is 31.5 Å². The Labute approximate surface area is 259 Å². The first-order valence-electron chi connectivity index (χ1n) is 14.5. The van der Waals surface area contributed by atoms with Crippen LogP contribution in [0.1, 0.15) is 47.8 Å². The van der Waals surface area contributed by atoms with E-state index in [2.05, 4.69) is 15.4 Å². The third-order valence-corrected chi connectivity index (χ3v) is 7.63. The summed E-state index contributed by atoms with van der Waals surface area (Å²) in [5.74, 6) is -0.184. The molecule has 4 aromatic rings. The van der Waals surface area contributed by atoms with Crippen LogP contribution in [0.25, 0.3) is 22.0 Å². The summed E-state index contributed by atoms with van der Waals surface area (Å²) in [7, 11) is 0. The standard InChI is InChI=1S/C33H36FN7O4/c1-33(2,3)23-13-22-18-38-41(32(44)30(22)26(34)15-23)27-6-4-5-24(25(27)19-42)21(16-35)14-28(36)39-29-8-7-20(17-37-29)31(43)40-9-11-45-12-10-40/h4-8,13-18,42H,9-12,19,35-36H2,1-3H3,(H,37,39)/b21-16+,28-14+. The van der Waals surface area contributed by atoms with Gasteiger partial charge in [-0.25, -0.2) is 9.37 Å². The Hall–Kier alpha value is -5.07. The number of benzene rings is 2. The normalized spacial score (nSPS) is 14.6. The van der Waals surface area contributed by atoms with Gasteiger partial charge in [0.05, 0.1) is 42.7 Å². The number of anilines is 1. The van der Waals surface area contributed by atoms with Crippen molar-refractivity contribution in [3.05, 3.63) is 111 Å². The molecule has 0 radical (unpaired) electrons. The van der Waals surface area contributed by atoms with E-state index in [1.54, 1.807) is 47.4 Å². The van der Waals surface area contributed by atoms with Crippen LogP contribution in [0.4, 0.5) is 10.2 Å². The average molecular weight is 614 g/mol. The maximum atomic E-state index is 15.3. The molecule has 1 fully saturated rings. The number of ether oxygens (including phenoxy) is 1. The Kier molecular flexibility index (Phi) is 8.98. The van der Waals surface area contributed by atoms with Crippen LogP contribution in [0.15, 0.2) is 77.7 Å². The first kappa shape index (κ1) is 31.4. The molecule has 6 N–H and O–H groups in total. The van der Waals surface area contributed by atoms with Gasteiger partial charge in [0, 0.05) is 42.0 Å². The highest BCUT2D eigenvalue weighted by Crippen LogP contribution is 2.29. The molecule has 0 bridgehead atoms. The molecule has 12 heteroatoms. The van der Waals surface area contributed by atoms with E-state index in [1.807, 2.05) is 20.8 Å². The van der Waals surface area contributed by atoms with E-state index < -0.39 is 18.0 Å². The number of nitrogens with two attached hydrogens (primary N) is 2. The van der Waals surface area contributed by atoms with Gasteiger partial charge in [-0.05, 0) is 52.9 Å². The first-order valence-corrected chi connectivity index (χ1v) is 14.5. The lowest BCUT2D eigenvalue weighted by Crippen LogP contribution is -2.40. The molecule has 1 saturated heterocycles. The summed E-state index contributed by atoms with van der Waals surface area (Å²) < 4.78 is 21.6. The van der Waals surface area contributed by atoms with Gasteiger partial charge in [0.1, 0.15) is 17.5 Å². The number of allylic oxidation sites excluding steroid dienone is 2. The molecule has 0 atom stereocenters. The largest absolute Gasteiger partial charge is 0.404 e. The zero-order chi connectivity index (χ0) is 32.3. The van der Waals surface area contributed by atoms with Crippen LogP contribution in [0.2, 0.25) is 0 Å². The van der Waals surface area contributed by atoms with Crippen LogP contribution in [-0.2, 0) is 16.8 Å². The van der Waals surface area contributed by atoms with Gasteiger partial charge in [-0.2, -0.15) is 9.78 Å². The van der Waals surface area contributed by atoms with Crippen molar-refractivity contribution in [1.82, 2.24) is 19.7 Å². The molecule has 3 heterocycles. The van der Waals surface area contributed by atoms with E-state index in [9.17, 15) is 14.7 Å². The van der Waals surface area contributed by atoms with E-state index in [4.69, 9.17) is 16.2 Å². The molecule has 5 rings (SSSR count). The fourth-order valence-electron chi connectivity index (χ4n) is 5.16. The number of aromatic nitrogens is 3. The summed E-state index contributed by atoms with van der Waals surface area (Å²) in [5.41, 5.74) is 14.0. The third-order valence-electron chi connectivity index (χ3n) is 7.63. The minimum absolute atomic E-state index is 0.0969. The summed E-state index contributed by atoms with van der Waals surface area (Å²) in [6, 6.07) is 11.4. The summed E-state index contributed by atoms with van der Waals surface area (Å²) in [6.45, 7) is 7.48. The number of hydrogen-bond acceptors (Lipinski definition) is 9. The van der Waals surface area contributed by atoms with Crippen molar-refractivity contribution in [3.63, 3.8) is 0 Å². The number of rotatable bonds is 7. The van der Waals surface area contributed by atoms with Crippen LogP contribution >= 0.6 is 0 Å². The highest BCUT2D eigenvalue weighted by atomic mass is 19.1. The highest BCUT2D eigenvalue weighted by Gasteiger charge is 2.21. The molecule has 1 aliphatic rings. The average Bonchev–Trinajstić information content (AvgIpc) is 3.03. The second-order valence-electron chi connectivity index (χ2n) is 11.7. The molecule has 234 valence electrons. The number of nitrogens with one attached hydrogen (secondary N) is 1. The predicted molar refractivity (Wildman–Crippen MR) is 171 cm³/mol. The molecule has 1 aliphatic heterocycles. The van der Waals surface area contributed by atoms with Crippen molar-refractivity contribution in [2.75, 3.05) is 31.6 Å². The van der Waals surface area contributed by atoms with Crippen molar-refractivity contribution in [3.8, 4) is 5.69 Å². The summed E-state index contributed by atoms with van der Waals surface area (Å²) in [6.07, 6.45) is 5.78. The fourth-order valence-corrected chi connectivity index (χ4v) is 5.16. The molecule has 0 saturated carbocycles. The topological polar surface area (TPSA) is 162 Å². The van der Waals surface area contributed by atoms with Crippen LogP contribution in [0.5, 0.6) is 0 Å². The van der Waals surface area contributed by atoms with Gasteiger partial charge in [-0.15, -0.1) is 0 Å². The second kappa shape index (κ2) is 12.9. The summed E-state index contributed by atoms with van der Waals surface area (Å²) >= 11 is 0. The van der Waals surface area contributed by atoms with Crippen LogP contribution in [0, 0.1) is 5.82 Å². The maximum absolute atomic E-state index is 15.3. The van der Waals surface area contributed by atoms with Crippen LogP contribution in [-0.4, -0.2) is 57.0 Å². The molecule has 0 aliphatic carbocycles. The zero-order valence-corrected chi connectivity index (χ0v) is 25.4. The lowest BCUT2D eigenvalue weighted by Gasteiger charge is -2.26. The van der Waals surface area contributed by atoms with Gasteiger partial charge in [0.2, 0.25) is 0 Å². The number of carbonyl (C=O) groups is 1. The van der Waals surface area contributed by atoms with Crippen molar-refractivity contribution in [1.29, 1.82) is 0 Å². The number of morpholine rings is 1. The summed E-state index contributed by atoms with van der Waals surface area (Å²) in [5, 5.41) is 18.0. The van der Waals surface area contributed by atoms with E-state index in [0.29, 0.717) is 59.8 Å². The number of aliphatic hydroxyl groups is 1. The smallest absolute Gasteiger partial charge is 0.282 e. The SMILES string of the molecule is CC(C)(C)c1cc(F)c2c(=O)n(-c3cccc(C(/C=C(\N)Nc4ccc(C(=O)N5CCOCC5)cn4)=C/N)c3CO)ncc2c1. The Morgan fingerprint density at radius 2 is 1.91 bits per heavy atom. The van der Waals surface area contributed by atoms with Gasteiger partial charge in [-0.1, -0.05) is 32.9 Å². The first-order chi connectivity index (χ1) is 21.5. The highest BCUT2D eigenvalue weighted by molar-refractivity contribution is 5.94. The Morgan fingerprint density at radius 1 is 1.16 bits per heavy atom. The molecule has 2 aromatic heterocycles. The predicted octanol–water partition coefficient (Wildman–Crippen LogP) is 3.39. The number of aliphatic hydroxyl groups excluding tert-OH is 1. The van der Waals surface area contributed by atoms with Crippen LogP contribution < -0.4 is 22.3 Å². The molecular weight excluding hydrogens is 577 g/mol. The van der Waals surface area contributed by atoms with Crippen molar-refractivity contribution in [2.45, 2.75) is 32.8 Å². The molecular formula is C33H36FN7O4. The fraction of sp³-hybridized carbons (Fsp3) is 0.273. The lowest BCUT2D eigenvalue weighted by molar-refractivity contribution is 0.0302. The molecule has 2 aromatic carbocycles. The Bertz CT molecular complexity index is 1850. The van der Waals surface area contributed by atoms with Crippen LogP contribution in [0.3, 0.4) is 0 Å². The number of pyridine rings is 1. The molecule has 0 spiro atoms. The van der Waals surface area contributed by atoms with Crippen molar-refractivity contribution >= 4 is 28.1 Å². The van der Waals surface area contributed by atoms with Gasteiger partial charge in [0.25, 0.3) is 11.5 Å².